The Morgan fingerprint density at radius 2 is 2.44 bits per heavy atom. The van der Waals surface area contributed by atoms with Gasteiger partial charge in [0.2, 0.25) is 5.95 Å². The van der Waals surface area contributed by atoms with Crippen molar-refractivity contribution < 1.29 is 0 Å². The largest absolute Gasteiger partial charge is 0.354 e. The highest BCUT2D eigenvalue weighted by atomic mass is 32.2. The molecule has 0 spiro atoms. The Balaban J connectivity index is 2.24. The van der Waals surface area contributed by atoms with E-state index in [2.05, 4.69) is 27.2 Å². The number of rotatable bonds is 2. The Kier molecular flexibility index (Phi) is 3.50. The van der Waals surface area contributed by atoms with Crippen LogP contribution in [0.1, 0.15) is 12.5 Å². The molecule has 0 aromatic carbocycles. The van der Waals surface area contributed by atoms with Crippen LogP contribution in [0.2, 0.25) is 0 Å². The third kappa shape index (κ3) is 2.38. The van der Waals surface area contributed by atoms with Crippen LogP contribution in [0.25, 0.3) is 0 Å². The predicted molar refractivity (Wildman–Crippen MR) is 68.7 cm³/mol. The summed E-state index contributed by atoms with van der Waals surface area (Å²) in [6, 6.07) is 0. The van der Waals surface area contributed by atoms with Crippen molar-refractivity contribution in [3.8, 4) is 0 Å². The normalized spacial score (nSPS) is 20.9. The molecule has 2 rings (SSSR count). The highest BCUT2D eigenvalue weighted by molar-refractivity contribution is 8.00. The molecule has 1 saturated heterocycles. The lowest BCUT2D eigenvalue weighted by Gasteiger charge is -2.32. The zero-order valence-electron chi connectivity index (χ0n) is 9.60. The van der Waals surface area contributed by atoms with E-state index in [1.807, 2.05) is 24.9 Å². The van der Waals surface area contributed by atoms with Crippen molar-refractivity contribution in [3.05, 3.63) is 11.8 Å². The number of nitrogen functional groups attached to an aromatic ring is 1. The van der Waals surface area contributed by atoms with E-state index in [1.165, 1.54) is 0 Å². The van der Waals surface area contributed by atoms with Crippen molar-refractivity contribution in [1.82, 2.24) is 9.97 Å². The molecule has 88 valence electrons. The van der Waals surface area contributed by atoms with E-state index in [1.54, 1.807) is 0 Å². The van der Waals surface area contributed by atoms with Gasteiger partial charge in [-0.3, -0.25) is 5.43 Å². The minimum absolute atomic E-state index is 0.478. The molecule has 3 N–H and O–H groups in total. The number of aromatic nitrogens is 2. The number of hydrogen-bond donors (Lipinski definition) is 2. The molecule has 16 heavy (non-hydrogen) atoms. The number of hydrogen-bond acceptors (Lipinski definition) is 6. The molecule has 1 aromatic rings. The number of aryl methyl sites for hydroxylation is 1. The smallest absolute Gasteiger partial charge is 0.239 e. The summed E-state index contributed by atoms with van der Waals surface area (Å²) in [5, 5.41) is 0.650. The summed E-state index contributed by atoms with van der Waals surface area (Å²) in [7, 11) is 0. The second-order valence-corrected chi connectivity index (χ2v) is 5.52. The van der Waals surface area contributed by atoms with Gasteiger partial charge in [-0.1, -0.05) is 6.92 Å². The average molecular weight is 239 g/mol. The molecule has 0 saturated carbocycles. The molecule has 5 nitrogen and oxygen atoms in total. The summed E-state index contributed by atoms with van der Waals surface area (Å²) in [4.78, 5) is 10.8. The quantitative estimate of drug-likeness (QED) is 0.593. The van der Waals surface area contributed by atoms with Crippen LogP contribution in [0.5, 0.6) is 0 Å². The van der Waals surface area contributed by atoms with E-state index in [-0.39, 0.29) is 0 Å². The molecular weight excluding hydrogens is 222 g/mol. The van der Waals surface area contributed by atoms with Crippen LogP contribution < -0.4 is 16.2 Å². The van der Waals surface area contributed by atoms with Crippen molar-refractivity contribution in [2.75, 3.05) is 29.2 Å². The lowest BCUT2D eigenvalue weighted by molar-refractivity contribution is 0.764. The summed E-state index contributed by atoms with van der Waals surface area (Å²) in [5.41, 5.74) is 3.59. The summed E-state index contributed by atoms with van der Waals surface area (Å²) in [6.07, 6.45) is 1.81. The first-order chi connectivity index (χ1) is 7.70. The van der Waals surface area contributed by atoms with E-state index in [0.717, 1.165) is 30.2 Å². The van der Waals surface area contributed by atoms with Crippen LogP contribution in [-0.2, 0) is 0 Å². The third-order valence-electron chi connectivity index (χ3n) is 2.61. The lowest BCUT2D eigenvalue weighted by Crippen LogP contribution is -2.37. The maximum atomic E-state index is 5.33. The Labute approximate surface area is 99.8 Å². The fourth-order valence-corrected chi connectivity index (χ4v) is 2.85. The molecule has 1 atom stereocenters. The number of thioether (sulfide) groups is 1. The predicted octanol–water partition coefficient (Wildman–Crippen LogP) is 1.01. The summed E-state index contributed by atoms with van der Waals surface area (Å²) in [5.74, 6) is 7.95. The second kappa shape index (κ2) is 4.88. The molecular formula is C10H17N5S. The van der Waals surface area contributed by atoms with Gasteiger partial charge >= 0.3 is 0 Å². The summed E-state index contributed by atoms with van der Waals surface area (Å²) in [6.45, 7) is 6.35. The zero-order valence-corrected chi connectivity index (χ0v) is 10.4. The number of nitrogens with one attached hydrogen (secondary N) is 1. The molecule has 2 heterocycles. The maximum absolute atomic E-state index is 5.33. The fraction of sp³-hybridized carbons (Fsp3) is 0.600. The molecule has 1 aromatic heterocycles. The standard InChI is InChI=1S/C10H17N5S/c1-7-5-12-10(14-11)13-9(7)15-3-4-16-8(2)6-15/h5,8H,3-4,6,11H2,1-2H3,(H,12,13,14). The van der Waals surface area contributed by atoms with Crippen molar-refractivity contribution in [2.24, 2.45) is 5.84 Å². The highest BCUT2D eigenvalue weighted by Crippen LogP contribution is 2.24. The van der Waals surface area contributed by atoms with Gasteiger partial charge in [0, 0.05) is 35.9 Å². The van der Waals surface area contributed by atoms with Crippen LogP contribution in [0.15, 0.2) is 6.20 Å². The molecule has 6 heteroatoms. The first-order valence-electron chi connectivity index (χ1n) is 5.37. The van der Waals surface area contributed by atoms with Crippen LogP contribution in [-0.4, -0.2) is 34.1 Å². The van der Waals surface area contributed by atoms with Crippen LogP contribution in [0.4, 0.5) is 11.8 Å². The lowest BCUT2D eigenvalue weighted by atomic mass is 10.3. The van der Waals surface area contributed by atoms with E-state index >= 15 is 0 Å². The molecule has 0 bridgehead atoms. The summed E-state index contributed by atoms with van der Waals surface area (Å²) < 4.78 is 0. The van der Waals surface area contributed by atoms with Crippen LogP contribution in [0.3, 0.4) is 0 Å². The second-order valence-electron chi connectivity index (χ2n) is 3.97. The van der Waals surface area contributed by atoms with Gasteiger partial charge in [-0.2, -0.15) is 16.7 Å². The van der Waals surface area contributed by atoms with Gasteiger partial charge in [0.25, 0.3) is 0 Å². The molecule has 1 aliphatic rings. The average Bonchev–Trinajstić information content (AvgIpc) is 2.30. The van der Waals surface area contributed by atoms with Crippen LogP contribution >= 0.6 is 11.8 Å². The van der Waals surface area contributed by atoms with Gasteiger partial charge in [0.1, 0.15) is 5.82 Å². The van der Waals surface area contributed by atoms with Gasteiger partial charge in [0.15, 0.2) is 0 Å². The van der Waals surface area contributed by atoms with Crippen molar-refractivity contribution >= 4 is 23.5 Å². The Bertz CT molecular complexity index is 370. The number of nitrogens with two attached hydrogens (primary N) is 1. The van der Waals surface area contributed by atoms with E-state index < -0.39 is 0 Å². The maximum Gasteiger partial charge on any atom is 0.239 e. The SMILES string of the molecule is Cc1cnc(NN)nc1N1CCSC(C)C1. The van der Waals surface area contributed by atoms with Crippen LogP contribution in [0, 0.1) is 6.92 Å². The monoisotopic (exact) mass is 239 g/mol. The first-order valence-corrected chi connectivity index (χ1v) is 6.42. The summed E-state index contributed by atoms with van der Waals surface area (Å²) >= 11 is 2.01. The molecule has 1 fully saturated rings. The number of nitrogens with zero attached hydrogens (tertiary/aromatic N) is 3. The van der Waals surface area contributed by atoms with Gasteiger partial charge in [-0.15, -0.1) is 0 Å². The van der Waals surface area contributed by atoms with E-state index in [4.69, 9.17) is 5.84 Å². The minimum atomic E-state index is 0.478. The van der Waals surface area contributed by atoms with Crippen molar-refractivity contribution in [2.45, 2.75) is 19.1 Å². The third-order valence-corrected chi connectivity index (χ3v) is 3.75. The van der Waals surface area contributed by atoms with Gasteiger partial charge in [-0.05, 0) is 6.92 Å². The fourth-order valence-electron chi connectivity index (χ4n) is 1.83. The van der Waals surface area contributed by atoms with Gasteiger partial charge in [0.05, 0.1) is 0 Å². The Morgan fingerprint density at radius 3 is 3.12 bits per heavy atom. The Hall–Kier alpha value is -1.01. The molecule has 0 amide bonds. The number of anilines is 2. The zero-order chi connectivity index (χ0) is 11.5. The van der Waals surface area contributed by atoms with E-state index in [9.17, 15) is 0 Å². The van der Waals surface area contributed by atoms with E-state index in [0.29, 0.717) is 11.2 Å². The van der Waals surface area contributed by atoms with Crippen molar-refractivity contribution in [1.29, 1.82) is 0 Å². The van der Waals surface area contributed by atoms with Gasteiger partial charge in [-0.25, -0.2) is 10.8 Å². The molecule has 1 unspecified atom stereocenters. The Morgan fingerprint density at radius 1 is 1.62 bits per heavy atom. The first kappa shape index (κ1) is 11.5. The minimum Gasteiger partial charge on any atom is -0.354 e. The van der Waals surface area contributed by atoms with Crippen molar-refractivity contribution in [3.63, 3.8) is 0 Å². The molecule has 1 aliphatic heterocycles. The topological polar surface area (TPSA) is 67.1 Å². The highest BCUT2D eigenvalue weighted by Gasteiger charge is 2.19. The molecule has 0 aliphatic carbocycles. The number of hydrazine groups is 1. The van der Waals surface area contributed by atoms with Gasteiger partial charge < -0.3 is 4.90 Å². The molecule has 0 radical (unpaired) electrons.